The van der Waals surface area contributed by atoms with Crippen molar-refractivity contribution in [1.82, 2.24) is 0 Å². The van der Waals surface area contributed by atoms with E-state index in [0.717, 1.165) is 0 Å². The van der Waals surface area contributed by atoms with Gasteiger partial charge in [0.05, 0.1) is 16.3 Å². The van der Waals surface area contributed by atoms with Crippen LogP contribution in [0.3, 0.4) is 0 Å². The highest BCUT2D eigenvalue weighted by Gasteiger charge is 2.18. The number of hydrogen-bond donors (Lipinski definition) is 2. The molecule has 0 fully saturated rings. The van der Waals surface area contributed by atoms with E-state index in [1.165, 1.54) is 36.8 Å². The van der Waals surface area contributed by atoms with E-state index < -0.39 is 15.7 Å². The van der Waals surface area contributed by atoms with Crippen molar-refractivity contribution in [2.45, 2.75) is 44.6 Å². The fraction of sp³-hybridized carbons (Fsp3) is 0.292. The molecule has 2 N–H and O–H groups in total. The lowest BCUT2D eigenvalue weighted by Gasteiger charge is -2.19. The Bertz CT molecular complexity index is 1200. The van der Waals surface area contributed by atoms with Crippen LogP contribution in [-0.2, 0) is 21.9 Å². The molecule has 8 heteroatoms. The predicted molar refractivity (Wildman–Crippen MR) is 122 cm³/mol. The average Bonchev–Trinajstić information content (AvgIpc) is 3.22. The van der Waals surface area contributed by atoms with Gasteiger partial charge < -0.3 is 19.6 Å². The summed E-state index contributed by atoms with van der Waals surface area (Å²) in [6, 6.07) is 14.6. The highest BCUT2D eigenvalue weighted by atomic mass is 32.2. The number of rotatable bonds is 7. The Morgan fingerprint density at radius 2 is 1.75 bits per heavy atom. The zero-order chi connectivity index (χ0) is 23.5. The summed E-state index contributed by atoms with van der Waals surface area (Å²) in [7, 11) is -3.48. The minimum atomic E-state index is -3.48. The van der Waals surface area contributed by atoms with Crippen LogP contribution in [-0.4, -0.2) is 25.2 Å². The highest BCUT2D eigenvalue weighted by Crippen LogP contribution is 2.28. The molecule has 1 heterocycles. The number of ether oxygens (including phenoxy) is 1. The van der Waals surface area contributed by atoms with Crippen molar-refractivity contribution in [1.29, 1.82) is 0 Å². The van der Waals surface area contributed by atoms with Crippen LogP contribution in [0, 0.1) is 0 Å². The zero-order valence-corrected chi connectivity index (χ0v) is 19.3. The second kappa shape index (κ2) is 9.08. The number of sulfone groups is 1. The minimum absolute atomic E-state index is 0.00910. The molecule has 0 aliphatic rings. The van der Waals surface area contributed by atoms with E-state index in [0.29, 0.717) is 11.5 Å². The smallest absolute Gasteiger partial charge is 0.291 e. The number of carbonyl (C=O) groups is 1. The number of benzene rings is 2. The van der Waals surface area contributed by atoms with Crippen molar-refractivity contribution in [2.24, 2.45) is 0 Å². The average molecular weight is 458 g/mol. The summed E-state index contributed by atoms with van der Waals surface area (Å²) in [6.07, 6.45) is 0. The second-order valence-corrected chi connectivity index (χ2v) is 10.6. The van der Waals surface area contributed by atoms with Gasteiger partial charge in [-0.3, -0.25) is 4.79 Å². The first-order valence-electron chi connectivity index (χ1n) is 10.2. The molecule has 32 heavy (non-hydrogen) atoms. The van der Waals surface area contributed by atoms with E-state index in [1.54, 1.807) is 6.07 Å². The standard InChI is InChI=1S/C24H27NO6S/c1-5-32(28,29)19-11-12-21(26)20(14-19)25-23(27)22-13-10-18(31-22)15-30-17-8-6-16(7-9-17)24(2,3)4/h6-14,26H,5,15H2,1-4H3,(H,25,27). The first-order valence-corrected chi connectivity index (χ1v) is 11.8. The van der Waals surface area contributed by atoms with Gasteiger partial charge in [-0.25, -0.2) is 8.42 Å². The van der Waals surface area contributed by atoms with Crippen LogP contribution < -0.4 is 10.1 Å². The van der Waals surface area contributed by atoms with Gasteiger partial charge in [0.15, 0.2) is 15.6 Å². The Hall–Kier alpha value is -3.26. The molecule has 0 bridgehead atoms. The number of amides is 1. The molecule has 3 aromatic rings. The summed E-state index contributed by atoms with van der Waals surface area (Å²) in [5.41, 5.74) is 1.23. The molecule has 0 aliphatic carbocycles. The third kappa shape index (κ3) is 5.50. The van der Waals surface area contributed by atoms with Crippen LogP contribution in [0.15, 0.2) is 63.9 Å². The number of anilines is 1. The van der Waals surface area contributed by atoms with Crippen molar-refractivity contribution in [3.63, 3.8) is 0 Å². The van der Waals surface area contributed by atoms with Crippen LogP contribution in [0.1, 0.15) is 49.6 Å². The third-order valence-electron chi connectivity index (χ3n) is 4.94. The van der Waals surface area contributed by atoms with Gasteiger partial charge in [0.25, 0.3) is 5.91 Å². The molecule has 0 atom stereocenters. The molecule has 0 aliphatic heterocycles. The van der Waals surface area contributed by atoms with Crippen molar-refractivity contribution < 1.29 is 27.5 Å². The molecule has 0 saturated carbocycles. The molecule has 0 radical (unpaired) electrons. The minimum Gasteiger partial charge on any atom is -0.506 e. The fourth-order valence-electron chi connectivity index (χ4n) is 2.94. The van der Waals surface area contributed by atoms with E-state index in [9.17, 15) is 18.3 Å². The van der Waals surface area contributed by atoms with Gasteiger partial charge in [-0.05, 0) is 53.4 Å². The Labute approximate surface area is 188 Å². The number of phenolic OH excluding ortho intramolecular Hbond substituents is 1. The van der Waals surface area contributed by atoms with Crippen molar-refractivity contribution in [3.8, 4) is 11.5 Å². The summed E-state index contributed by atoms with van der Waals surface area (Å²) in [5.74, 6) is 0.177. The van der Waals surface area contributed by atoms with Crippen LogP contribution in [0.4, 0.5) is 5.69 Å². The van der Waals surface area contributed by atoms with Gasteiger partial charge in [-0.15, -0.1) is 0 Å². The monoisotopic (exact) mass is 457 g/mol. The predicted octanol–water partition coefficient (Wildman–Crippen LogP) is 4.91. The number of aromatic hydroxyl groups is 1. The van der Waals surface area contributed by atoms with Crippen molar-refractivity contribution in [3.05, 3.63) is 71.7 Å². The van der Waals surface area contributed by atoms with E-state index >= 15 is 0 Å². The Morgan fingerprint density at radius 3 is 2.38 bits per heavy atom. The molecule has 170 valence electrons. The molecular formula is C24H27NO6S. The molecule has 7 nitrogen and oxygen atoms in total. The molecule has 0 spiro atoms. The summed E-state index contributed by atoms with van der Waals surface area (Å²) >= 11 is 0. The summed E-state index contributed by atoms with van der Waals surface area (Å²) in [5, 5.41) is 12.5. The number of hydrogen-bond acceptors (Lipinski definition) is 6. The Kier molecular flexibility index (Phi) is 6.64. The number of furan rings is 1. The van der Waals surface area contributed by atoms with Crippen LogP contribution in [0.2, 0.25) is 0 Å². The highest BCUT2D eigenvalue weighted by molar-refractivity contribution is 7.91. The van der Waals surface area contributed by atoms with E-state index in [1.807, 2.05) is 24.3 Å². The maximum Gasteiger partial charge on any atom is 0.291 e. The summed E-state index contributed by atoms with van der Waals surface area (Å²) in [6.45, 7) is 8.06. The molecule has 0 unspecified atom stereocenters. The first-order chi connectivity index (χ1) is 15.0. The first kappa shape index (κ1) is 23.4. The number of carbonyl (C=O) groups excluding carboxylic acids is 1. The number of phenols is 1. The van der Waals surface area contributed by atoms with Crippen LogP contribution >= 0.6 is 0 Å². The van der Waals surface area contributed by atoms with E-state index in [4.69, 9.17) is 9.15 Å². The molecule has 0 saturated heterocycles. The molecule has 3 rings (SSSR count). The maximum atomic E-state index is 12.5. The largest absolute Gasteiger partial charge is 0.506 e. The van der Waals surface area contributed by atoms with Gasteiger partial charge in [0.2, 0.25) is 0 Å². The maximum absolute atomic E-state index is 12.5. The van der Waals surface area contributed by atoms with Gasteiger partial charge >= 0.3 is 0 Å². The molecule has 1 aromatic heterocycles. The lowest BCUT2D eigenvalue weighted by Crippen LogP contribution is -2.12. The summed E-state index contributed by atoms with van der Waals surface area (Å²) < 4.78 is 35.4. The van der Waals surface area contributed by atoms with Gasteiger partial charge in [0, 0.05) is 0 Å². The Balaban J connectivity index is 1.66. The second-order valence-electron chi connectivity index (χ2n) is 8.37. The molecule has 2 aromatic carbocycles. The van der Waals surface area contributed by atoms with Crippen LogP contribution in [0.5, 0.6) is 11.5 Å². The zero-order valence-electron chi connectivity index (χ0n) is 18.5. The van der Waals surface area contributed by atoms with E-state index in [2.05, 4.69) is 26.1 Å². The Morgan fingerprint density at radius 1 is 1.06 bits per heavy atom. The van der Waals surface area contributed by atoms with Crippen LogP contribution in [0.25, 0.3) is 0 Å². The lowest BCUT2D eigenvalue weighted by molar-refractivity contribution is 0.0992. The SMILES string of the molecule is CCS(=O)(=O)c1ccc(O)c(NC(=O)c2ccc(COc3ccc(C(C)(C)C)cc3)o2)c1. The van der Waals surface area contributed by atoms with Gasteiger partial charge in [-0.1, -0.05) is 39.8 Å². The lowest BCUT2D eigenvalue weighted by atomic mass is 9.87. The quantitative estimate of drug-likeness (QED) is 0.489. The van der Waals surface area contributed by atoms with E-state index in [-0.39, 0.29) is 39.9 Å². The normalized spacial score (nSPS) is 11.9. The molecule has 1 amide bonds. The summed E-state index contributed by atoms with van der Waals surface area (Å²) in [4.78, 5) is 12.5. The van der Waals surface area contributed by atoms with Gasteiger partial charge in [-0.2, -0.15) is 0 Å². The topological polar surface area (TPSA) is 106 Å². The third-order valence-corrected chi connectivity index (χ3v) is 6.67. The van der Waals surface area contributed by atoms with Crippen molar-refractivity contribution in [2.75, 3.05) is 11.1 Å². The van der Waals surface area contributed by atoms with Crippen molar-refractivity contribution >= 4 is 21.4 Å². The number of nitrogens with one attached hydrogen (secondary N) is 1. The fourth-order valence-corrected chi connectivity index (χ4v) is 3.85. The molecular weight excluding hydrogens is 430 g/mol. The van der Waals surface area contributed by atoms with Gasteiger partial charge in [0.1, 0.15) is 23.9 Å².